The van der Waals surface area contributed by atoms with Gasteiger partial charge in [-0.2, -0.15) is 0 Å². The van der Waals surface area contributed by atoms with E-state index in [-0.39, 0.29) is 0 Å². The fourth-order valence-corrected chi connectivity index (χ4v) is 0.782. The minimum atomic E-state index is 0.939. The van der Waals surface area contributed by atoms with Gasteiger partial charge in [-0.3, -0.25) is 14.8 Å². The standard InChI is InChI=1S/C7H5NO2/c1-2-8-3-7-5-10-9-4-6(1)7/h1-5H. The summed E-state index contributed by atoms with van der Waals surface area (Å²) in [7, 11) is 0. The van der Waals surface area contributed by atoms with Gasteiger partial charge >= 0.3 is 0 Å². The monoisotopic (exact) mass is 135 g/mol. The lowest BCUT2D eigenvalue weighted by Gasteiger charge is -1.99. The summed E-state index contributed by atoms with van der Waals surface area (Å²) in [5.74, 6) is 0. The van der Waals surface area contributed by atoms with Gasteiger partial charge in [-0.05, 0) is 6.07 Å². The van der Waals surface area contributed by atoms with Crippen LogP contribution < -0.4 is 10.4 Å². The van der Waals surface area contributed by atoms with Crippen LogP contribution in [0.2, 0.25) is 0 Å². The summed E-state index contributed by atoms with van der Waals surface area (Å²) in [5.41, 5.74) is 0. The number of hydrogen-bond acceptors (Lipinski definition) is 3. The number of pyridine rings is 1. The summed E-state index contributed by atoms with van der Waals surface area (Å²) in [6.45, 7) is 0. The van der Waals surface area contributed by atoms with Crippen LogP contribution in [0.15, 0.2) is 18.5 Å². The Hall–Kier alpha value is -1.51. The van der Waals surface area contributed by atoms with Crippen LogP contribution in [-0.2, 0) is 9.78 Å². The van der Waals surface area contributed by atoms with Crippen molar-refractivity contribution in [2.45, 2.75) is 0 Å². The molecule has 1 aromatic heterocycles. The second kappa shape index (κ2) is 2.02. The van der Waals surface area contributed by atoms with Gasteiger partial charge in [0.2, 0.25) is 0 Å². The molecule has 0 unspecified atom stereocenters. The van der Waals surface area contributed by atoms with E-state index in [0.717, 1.165) is 10.4 Å². The van der Waals surface area contributed by atoms with Crippen LogP contribution in [0.4, 0.5) is 0 Å². The lowest BCUT2D eigenvalue weighted by Crippen LogP contribution is -2.27. The maximum absolute atomic E-state index is 4.59. The second-order valence-corrected chi connectivity index (χ2v) is 1.93. The minimum absolute atomic E-state index is 0.939. The third-order valence-corrected chi connectivity index (χ3v) is 1.29. The average Bonchev–Trinajstić information content (AvgIpc) is 2.05. The molecule has 0 saturated heterocycles. The average molecular weight is 135 g/mol. The molecule has 1 aliphatic rings. The summed E-state index contributed by atoms with van der Waals surface area (Å²) in [4.78, 5) is 13.1. The highest BCUT2D eigenvalue weighted by molar-refractivity contribution is 5.24. The molecule has 1 aliphatic heterocycles. The predicted molar refractivity (Wildman–Crippen MR) is 34.6 cm³/mol. The first-order chi connectivity index (χ1) is 4.97. The molecule has 2 heterocycles. The van der Waals surface area contributed by atoms with Crippen molar-refractivity contribution in [1.29, 1.82) is 0 Å². The van der Waals surface area contributed by atoms with Crippen molar-refractivity contribution in [3.05, 3.63) is 28.9 Å². The maximum atomic E-state index is 4.59. The summed E-state index contributed by atoms with van der Waals surface area (Å²) in [6, 6.07) is 1.86. The van der Waals surface area contributed by atoms with Gasteiger partial charge in [0.1, 0.15) is 0 Å². The van der Waals surface area contributed by atoms with Gasteiger partial charge in [-0.1, -0.05) is 0 Å². The quantitative estimate of drug-likeness (QED) is 0.450. The molecular weight excluding hydrogens is 130 g/mol. The Morgan fingerprint density at radius 3 is 2.70 bits per heavy atom. The molecule has 0 spiro atoms. The molecule has 0 fully saturated rings. The third-order valence-electron chi connectivity index (χ3n) is 1.29. The van der Waals surface area contributed by atoms with Gasteiger partial charge in [0, 0.05) is 22.8 Å². The Labute approximate surface area is 57.2 Å². The van der Waals surface area contributed by atoms with Gasteiger partial charge < -0.3 is 0 Å². The van der Waals surface area contributed by atoms with Gasteiger partial charge in [0.15, 0.2) is 12.5 Å². The fourth-order valence-electron chi connectivity index (χ4n) is 0.782. The van der Waals surface area contributed by atoms with Crippen LogP contribution >= 0.6 is 0 Å². The number of nitrogens with zero attached hydrogens (tertiary/aromatic N) is 1. The second-order valence-electron chi connectivity index (χ2n) is 1.93. The molecular formula is C7H5NO2. The van der Waals surface area contributed by atoms with E-state index in [1.165, 1.54) is 12.5 Å². The third kappa shape index (κ3) is 0.719. The summed E-state index contributed by atoms with van der Waals surface area (Å²) in [6.07, 6.45) is 6.48. The molecule has 50 valence electrons. The normalized spacial score (nSPS) is 13.2. The summed E-state index contributed by atoms with van der Waals surface area (Å²) >= 11 is 0. The van der Waals surface area contributed by atoms with Crippen molar-refractivity contribution in [3.63, 3.8) is 0 Å². The minimum Gasteiger partial charge on any atom is -0.298 e. The van der Waals surface area contributed by atoms with Crippen molar-refractivity contribution >= 4 is 12.5 Å². The highest BCUT2D eigenvalue weighted by Crippen LogP contribution is 1.82. The largest absolute Gasteiger partial charge is 0.298 e. The van der Waals surface area contributed by atoms with Gasteiger partial charge in [-0.15, -0.1) is 0 Å². The van der Waals surface area contributed by atoms with E-state index < -0.39 is 0 Å². The van der Waals surface area contributed by atoms with Crippen LogP contribution in [-0.4, -0.2) is 4.98 Å². The molecule has 0 bridgehead atoms. The van der Waals surface area contributed by atoms with Crippen molar-refractivity contribution < 1.29 is 9.78 Å². The Morgan fingerprint density at radius 2 is 1.90 bits per heavy atom. The summed E-state index contributed by atoms with van der Waals surface area (Å²) in [5, 5.41) is 1.93. The summed E-state index contributed by atoms with van der Waals surface area (Å²) < 4.78 is 0. The molecule has 0 radical (unpaired) electrons. The van der Waals surface area contributed by atoms with E-state index in [4.69, 9.17) is 0 Å². The lowest BCUT2D eigenvalue weighted by atomic mass is 10.3. The van der Waals surface area contributed by atoms with Gasteiger partial charge in [0.05, 0.1) is 0 Å². The predicted octanol–water partition coefficient (Wildman–Crippen LogP) is -0.481. The van der Waals surface area contributed by atoms with Gasteiger partial charge in [-0.25, -0.2) is 0 Å². The number of aromatic nitrogens is 1. The molecule has 3 heteroatoms. The van der Waals surface area contributed by atoms with Crippen LogP contribution in [0, 0.1) is 0 Å². The molecule has 2 rings (SSSR count). The first kappa shape index (κ1) is 5.29. The Balaban J connectivity index is 2.84. The van der Waals surface area contributed by atoms with Crippen molar-refractivity contribution in [3.8, 4) is 0 Å². The molecule has 10 heavy (non-hydrogen) atoms. The van der Waals surface area contributed by atoms with Crippen LogP contribution in [0.1, 0.15) is 0 Å². The van der Waals surface area contributed by atoms with Crippen molar-refractivity contribution in [1.82, 2.24) is 4.98 Å². The van der Waals surface area contributed by atoms with E-state index in [9.17, 15) is 0 Å². The Morgan fingerprint density at radius 1 is 1.10 bits per heavy atom. The van der Waals surface area contributed by atoms with Crippen molar-refractivity contribution in [2.24, 2.45) is 0 Å². The number of hydrogen-bond donors (Lipinski definition) is 0. The molecule has 3 nitrogen and oxygen atoms in total. The molecule has 0 amide bonds. The van der Waals surface area contributed by atoms with Crippen LogP contribution in [0.5, 0.6) is 0 Å². The highest BCUT2D eigenvalue weighted by Gasteiger charge is 1.90. The molecule has 0 aromatic carbocycles. The molecule has 0 aliphatic carbocycles. The van der Waals surface area contributed by atoms with E-state index in [1.807, 2.05) is 6.07 Å². The number of rotatable bonds is 0. The highest BCUT2D eigenvalue weighted by atomic mass is 17.2. The molecule has 0 atom stereocenters. The molecule has 0 saturated carbocycles. The molecule has 1 aromatic rings. The van der Waals surface area contributed by atoms with Crippen molar-refractivity contribution in [2.75, 3.05) is 0 Å². The lowest BCUT2D eigenvalue weighted by molar-refractivity contribution is -0.151. The van der Waals surface area contributed by atoms with E-state index in [0.29, 0.717) is 0 Å². The van der Waals surface area contributed by atoms with E-state index in [1.54, 1.807) is 12.4 Å². The SMILES string of the molecule is C1=c2ccncc2=COO1. The Kier molecular flexibility index (Phi) is 1.07. The topological polar surface area (TPSA) is 31.4 Å². The zero-order valence-electron chi connectivity index (χ0n) is 5.15. The number of fused-ring (bicyclic) bond motifs is 1. The smallest absolute Gasteiger partial charge is 0.152 e. The van der Waals surface area contributed by atoms with E-state index >= 15 is 0 Å². The van der Waals surface area contributed by atoms with Crippen LogP contribution in [0.25, 0.3) is 12.5 Å². The zero-order chi connectivity index (χ0) is 6.81. The first-order valence-electron chi connectivity index (χ1n) is 2.89. The molecule has 0 N–H and O–H groups in total. The van der Waals surface area contributed by atoms with E-state index in [2.05, 4.69) is 14.8 Å². The van der Waals surface area contributed by atoms with Gasteiger partial charge in [0.25, 0.3) is 0 Å². The Bertz CT molecular complexity index is 310. The fraction of sp³-hybridized carbons (Fsp3) is 0. The first-order valence-corrected chi connectivity index (χ1v) is 2.89. The zero-order valence-corrected chi connectivity index (χ0v) is 5.15. The maximum Gasteiger partial charge on any atom is 0.152 e. The van der Waals surface area contributed by atoms with Crippen LogP contribution in [0.3, 0.4) is 0 Å².